The topological polar surface area (TPSA) is 60.7 Å². The van der Waals surface area contributed by atoms with Gasteiger partial charge in [0.1, 0.15) is 0 Å². The maximum atomic E-state index is 10.6. The molecular formula is C29H44O3. The molecule has 0 saturated heterocycles. The quantitative estimate of drug-likeness (QED) is 0.469. The molecule has 4 aliphatic carbocycles. The lowest BCUT2D eigenvalue weighted by atomic mass is 9.61. The van der Waals surface area contributed by atoms with Gasteiger partial charge < -0.3 is 15.3 Å². The first-order valence-corrected chi connectivity index (χ1v) is 12.8. The molecule has 4 aliphatic rings. The van der Waals surface area contributed by atoms with E-state index in [0.717, 1.165) is 30.4 Å². The van der Waals surface area contributed by atoms with Gasteiger partial charge in [0.05, 0.1) is 17.8 Å². The van der Waals surface area contributed by atoms with Crippen molar-refractivity contribution in [3.8, 4) is 0 Å². The normalized spacial score (nSPS) is 40.8. The summed E-state index contributed by atoms with van der Waals surface area (Å²) in [6.45, 7) is 12.9. The van der Waals surface area contributed by atoms with E-state index in [1.807, 2.05) is 13.8 Å². The van der Waals surface area contributed by atoms with Crippen molar-refractivity contribution in [2.45, 2.75) is 103 Å². The summed E-state index contributed by atoms with van der Waals surface area (Å²) in [4.78, 5) is 0. The van der Waals surface area contributed by atoms with Gasteiger partial charge in [-0.1, -0.05) is 50.3 Å². The molecule has 0 heterocycles. The van der Waals surface area contributed by atoms with E-state index in [4.69, 9.17) is 0 Å². The van der Waals surface area contributed by atoms with Gasteiger partial charge in [-0.25, -0.2) is 0 Å². The molecule has 1 unspecified atom stereocenters. The lowest BCUT2D eigenvalue weighted by Crippen LogP contribution is -2.36. The van der Waals surface area contributed by atoms with Crippen molar-refractivity contribution in [2.24, 2.45) is 28.6 Å². The minimum atomic E-state index is -0.635. The van der Waals surface area contributed by atoms with Gasteiger partial charge in [-0.05, 0) is 99.5 Å². The van der Waals surface area contributed by atoms with Gasteiger partial charge in [0.2, 0.25) is 0 Å². The number of aliphatic hydroxyl groups excluding tert-OH is 2. The molecule has 0 bridgehead atoms. The molecule has 3 nitrogen and oxygen atoms in total. The van der Waals surface area contributed by atoms with E-state index in [2.05, 4.69) is 44.7 Å². The van der Waals surface area contributed by atoms with Crippen LogP contribution >= 0.6 is 0 Å². The van der Waals surface area contributed by atoms with Gasteiger partial charge in [0.25, 0.3) is 0 Å². The second kappa shape index (κ2) is 8.56. The van der Waals surface area contributed by atoms with Gasteiger partial charge in [-0.2, -0.15) is 0 Å². The number of hydrogen-bond donors (Lipinski definition) is 3. The monoisotopic (exact) mass is 440 g/mol. The van der Waals surface area contributed by atoms with Crippen LogP contribution in [0, 0.1) is 28.6 Å². The van der Waals surface area contributed by atoms with Gasteiger partial charge in [-0.15, -0.1) is 0 Å². The molecule has 0 aromatic heterocycles. The minimum absolute atomic E-state index is 0.0124. The molecule has 3 heteroatoms. The Morgan fingerprint density at radius 3 is 2.50 bits per heavy atom. The zero-order valence-electron chi connectivity index (χ0n) is 20.6. The Hall–Kier alpha value is -1.16. The zero-order chi connectivity index (χ0) is 23.3. The number of allylic oxidation sites excluding steroid dienone is 4. The fourth-order valence-corrected chi connectivity index (χ4v) is 7.20. The molecule has 32 heavy (non-hydrogen) atoms. The first kappa shape index (κ1) is 24.0. The third kappa shape index (κ3) is 4.33. The van der Waals surface area contributed by atoms with Crippen molar-refractivity contribution >= 4 is 0 Å². The van der Waals surface area contributed by atoms with Crippen LogP contribution in [0.15, 0.2) is 47.6 Å². The SMILES string of the molecule is C=C1/C(=C\C=C2/CCC[C@@]3(C)C2CC[C@@H]3[C@@H](C)/C=C/C2(C(C)(C)O)CC2)C[C@@H](O)C[C@@H]1O. The van der Waals surface area contributed by atoms with E-state index in [1.165, 1.54) is 25.7 Å². The van der Waals surface area contributed by atoms with Crippen molar-refractivity contribution in [3.05, 3.63) is 47.6 Å². The third-order valence-corrected chi connectivity index (χ3v) is 9.66. The van der Waals surface area contributed by atoms with Gasteiger partial charge in [0, 0.05) is 11.8 Å². The van der Waals surface area contributed by atoms with E-state index in [-0.39, 0.29) is 5.41 Å². The summed E-state index contributed by atoms with van der Waals surface area (Å²) in [6.07, 6.45) is 17.4. The van der Waals surface area contributed by atoms with Crippen molar-refractivity contribution in [2.75, 3.05) is 0 Å². The average molecular weight is 441 g/mol. The van der Waals surface area contributed by atoms with Crippen LogP contribution in [0.25, 0.3) is 0 Å². The highest BCUT2D eigenvalue weighted by Gasteiger charge is 2.53. The Labute approximate surface area is 195 Å². The van der Waals surface area contributed by atoms with Crippen molar-refractivity contribution < 1.29 is 15.3 Å². The molecule has 4 saturated carbocycles. The fraction of sp³-hybridized carbons (Fsp3) is 0.724. The summed E-state index contributed by atoms with van der Waals surface area (Å²) in [5, 5.41) is 30.8. The first-order valence-electron chi connectivity index (χ1n) is 12.8. The standard InChI is InChI=1S/C29H44O3/c1-19(12-14-29(15-16-29)27(3,4)32)24-10-11-25-21(7-6-13-28(24,25)5)8-9-22-17-23(30)18-26(31)20(22)2/h8-9,12,14,19,23-26,30-32H,2,6-7,10-11,13,15-18H2,1,3-5H3/b14-12+,21-8+,22-9-/t19-,23+,24+,25?,26-,28+/m0/s1. The predicted molar refractivity (Wildman–Crippen MR) is 131 cm³/mol. The molecule has 0 aromatic rings. The Morgan fingerprint density at radius 2 is 1.84 bits per heavy atom. The predicted octanol–water partition coefficient (Wildman–Crippen LogP) is 5.87. The molecule has 0 aromatic carbocycles. The molecule has 0 aliphatic heterocycles. The summed E-state index contributed by atoms with van der Waals surface area (Å²) in [6, 6.07) is 0. The van der Waals surface area contributed by atoms with Crippen LogP contribution in [0.1, 0.15) is 85.5 Å². The van der Waals surface area contributed by atoms with E-state index in [0.29, 0.717) is 36.0 Å². The Balaban J connectivity index is 1.50. The van der Waals surface area contributed by atoms with Crippen LogP contribution in [0.3, 0.4) is 0 Å². The van der Waals surface area contributed by atoms with E-state index in [1.54, 1.807) is 5.57 Å². The molecule has 4 rings (SSSR count). The number of fused-ring (bicyclic) bond motifs is 1. The number of rotatable bonds is 5. The lowest BCUT2D eigenvalue weighted by Gasteiger charge is -2.44. The van der Waals surface area contributed by atoms with Crippen molar-refractivity contribution in [3.63, 3.8) is 0 Å². The van der Waals surface area contributed by atoms with E-state index >= 15 is 0 Å². The summed E-state index contributed by atoms with van der Waals surface area (Å²) >= 11 is 0. The van der Waals surface area contributed by atoms with E-state index < -0.39 is 17.8 Å². The highest BCUT2D eigenvalue weighted by molar-refractivity contribution is 5.38. The third-order valence-electron chi connectivity index (χ3n) is 9.66. The van der Waals surface area contributed by atoms with Crippen LogP contribution in [0.2, 0.25) is 0 Å². The molecular weight excluding hydrogens is 396 g/mol. The maximum absolute atomic E-state index is 10.6. The Kier molecular flexibility index (Phi) is 6.42. The second-order valence-corrected chi connectivity index (χ2v) is 12.1. The highest BCUT2D eigenvalue weighted by Crippen LogP contribution is 2.60. The van der Waals surface area contributed by atoms with Crippen LogP contribution in [0.4, 0.5) is 0 Å². The zero-order valence-corrected chi connectivity index (χ0v) is 20.6. The van der Waals surface area contributed by atoms with Gasteiger partial charge >= 0.3 is 0 Å². The average Bonchev–Trinajstić information content (AvgIpc) is 3.43. The molecule has 0 spiro atoms. The fourth-order valence-electron chi connectivity index (χ4n) is 7.20. The number of hydrogen-bond acceptors (Lipinski definition) is 3. The van der Waals surface area contributed by atoms with E-state index in [9.17, 15) is 15.3 Å². The molecule has 0 amide bonds. The van der Waals surface area contributed by atoms with Gasteiger partial charge in [0.15, 0.2) is 0 Å². The Bertz CT molecular complexity index is 822. The molecule has 178 valence electrons. The highest BCUT2D eigenvalue weighted by atomic mass is 16.3. The second-order valence-electron chi connectivity index (χ2n) is 12.1. The maximum Gasteiger partial charge on any atom is 0.0811 e. The van der Waals surface area contributed by atoms with Gasteiger partial charge in [-0.3, -0.25) is 0 Å². The molecule has 0 radical (unpaired) electrons. The van der Waals surface area contributed by atoms with Crippen LogP contribution < -0.4 is 0 Å². The summed E-state index contributed by atoms with van der Waals surface area (Å²) in [5.41, 5.74) is 2.99. The smallest absolute Gasteiger partial charge is 0.0811 e. The van der Waals surface area contributed by atoms with Crippen molar-refractivity contribution in [1.82, 2.24) is 0 Å². The van der Waals surface area contributed by atoms with Crippen LogP contribution in [-0.4, -0.2) is 33.1 Å². The lowest BCUT2D eigenvalue weighted by molar-refractivity contribution is 0.0241. The van der Waals surface area contributed by atoms with Crippen LogP contribution in [-0.2, 0) is 0 Å². The Morgan fingerprint density at radius 1 is 1.12 bits per heavy atom. The number of aliphatic hydroxyl groups is 3. The van der Waals surface area contributed by atoms with Crippen LogP contribution in [0.5, 0.6) is 0 Å². The largest absolute Gasteiger partial charge is 0.393 e. The summed E-state index contributed by atoms with van der Waals surface area (Å²) in [5.74, 6) is 1.81. The minimum Gasteiger partial charge on any atom is -0.393 e. The summed E-state index contributed by atoms with van der Waals surface area (Å²) < 4.78 is 0. The summed E-state index contributed by atoms with van der Waals surface area (Å²) in [7, 11) is 0. The molecule has 6 atom stereocenters. The first-order chi connectivity index (χ1) is 15.0. The van der Waals surface area contributed by atoms with Crippen molar-refractivity contribution in [1.29, 1.82) is 0 Å². The molecule has 4 fully saturated rings. The molecule has 3 N–H and O–H groups in total.